The minimum absolute atomic E-state index is 0.0307. The van der Waals surface area contributed by atoms with Crippen molar-refractivity contribution in [1.29, 1.82) is 0 Å². The van der Waals surface area contributed by atoms with E-state index in [1.54, 1.807) is 6.92 Å². The molecule has 3 heteroatoms. The highest BCUT2D eigenvalue weighted by Gasteiger charge is 2.03. The van der Waals surface area contributed by atoms with Gasteiger partial charge >= 0.3 is 0 Å². The summed E-state index contributed by atoms with van der Waals surface area (Å²) in [6, 6.07) is 12.6. The van der Waals surface area contributed by atoms with E-state index in [0.29, 0.717) is 0 Å². The van der Waals surface area contributed by atoms with Gasteiger partial charge in [-0.05, 0) is 47.7 Å². The molecule has 0 fully saturated rings. The summed E-state index contributed by atoms with van der Waals surface area (Å²) in [5.41, 5.74) is 1.31. The minimum Gasteiger partial charge on any atom is -0.494 e. The van der Waals surface area contributed by atoms with Crippen LogP contribution in [-0.4, -0.2) is 19.1 Å². The Morgan fingerprint density at radius 1 is 1.24 bits per heavy atom. The average molecular weight is 285 g/mol. The van der Waals surface area contributed by atoms with Crippen LogP contribution in [0, 0.1) is 0 Å². The number of amides is 1. The number of rotatable bonds is 7. The lowest BCUT2D eigenvalue weighted by Crippen LogP contribution is -2.21. The number of hydrogen-bond donors (Lipinski definition) is 1. The first-order valence-corrected chi connectivity index (χ1v) is 7.59. The van der Waals surface area contributed by atoms with Crippen molar-refractivity contribution in [2.24, 2.45) is 0 Å². The molecule has 1 amide bonds. The summed E-state index contributed by atoms with van der Waals surface area (Å²) >= 11 is 0. The van der Waals surface area contributed by atoms with E-state index >= 15 is 0 Å². The predicted molar refractivity (Wildman–Crippen MR) is 86.7 cm³/mol. The van der Waals surface area contributed by atoms with Gasteiger partial charge in [0.15, 0.2) is 0 Å². The average Bonchev–Trinajstić information content (AvgIpc) is 2.49. The summed E-state index contributed by atoms with van der Waals surface area (Å²) in [5.74, 6) is 0.960. The number of ether oxygens (including phenoxy) is 1. The Kier molecular flexibility index (Phi) is 5.61. The van der Waals surface area contributed by atoms with Crippen molar-refractivity contribution < 1.29 is 9.53 Å². The molecule has 2 rings (SSSR count). The van der Waals surface area contributed by atoms with Crippen molar-refractivity contribution >= 4 is 16.7 Å². The van der Waals surface area contributed by atoms with Crippen molar-refractivity contribution in [3.05, 3.63) is 42.0 Å². The molecule has 0 aliphatic carbocycles. The molecule has 0 aliphatic heterocycles. The highest BCUT2D eigenvalue weighted by molar-refractivity contribution is 5.87. The molecule has 2 aromatic carbocycles. The van der Waals surface area contributed by atoms with E-state index in [2.05, 4.69) is 42.6 Å². The molecule has 2 aromatic rings. The van der Waals surface area contributed by atoms with Crippen LogP contribution in [0.2, 0.25) is 0 Å². The first-order valence-electron chi connectivity index (χ1n) is 7.59. The molecular weight excluding hydrogens is 262 g/mol. The van der Waals surface area contributed by atoms with Gasteiger partial charge in [0.05, 0.1) is 6.61 Å². The molecule has 0 aromatic heterocycles. The van der Waals surface area contributed by atoms with Crippen molar-refractivity contribution in [2.75, 3.05) is 13.2 Å². The maximum atomic E-state index is 10.9. The van der Waals surface area contributed by atoms with Gasteiger partial charge in [0.2, 0.25) is 5.91 Å². The van der Waals surface area contributed by atoms with E-state index < -0.39 is 0 Å². The maximum Gasteiger partial charge on any atom is 0.216 e. The van der Waals surface area contributed by atoms with Crippen LogP contribution in [0.5, 0.6) is 5.75 Å². The van der Waals surface area contributed by atoms with Crippen LogP contribution in [0.25, 0.3) is 10.8 Å². The molecule has 0 saturated carbocycles. The highest BCUT2D eigenvalue weighted by Crippen LogP contribution is 2.25. The second kappa shape index (κ2) is 7.67. The smallest absolute Gasteiger partial charge is 0.216 e. The highest BCUT2D eigenvalue weighted by atomic mass is 16.5. The van der Waals surface area contributed by atoms with Crippen LogP contribution in [0.15, 0.2) is 36.4 Å². The zero-order chi connectivity index (χ0) is 15.1. The third kappa shape index (κ3) is 4.48. The number of aryl methyl sites for hydroxylation is 1. The molecule has 1 N–H and O–H groups in total. The summed E-state index contributed by atoms with van der Waals surface area (Å²) in [6.07, 6.45) is 2.91. The third-order valence-corrected chi connectivity index (χ3v) is 3.41. The fraction of sp³-hybridized carbons (Fsp3) is 0.389. The fourth-order valence-electron chi connectivity index (χ4n) is 2.39. The first-order chi connectivity index (χ1) is 10.2. The first kappa shape index (κ1) is 15.4. The van der Waals surface area contributed by atoms with Gasteiger partial charge in [-0.3, -0.25) is 4.79 Å². The summed E-state index contributed by atoms with van der Waals surface area (Å²) in [7, 11) is 0. The lowest BCUT2D eigenvalue weighted by atomic mass is 10.0. The van der Waals surface area contributed by atoms with E-state index in [0.717, 1.165) is 38.2 Å². The van der Waals surface area contributed by atoms with Crippen LogP contribution in [0.1, 0.15) is 32.3 Å². The van der Waals surface area contributed by atoms with E-state index in [1.165, 1.54) is 16.3 Å². The number of fused-ring (bicyclic) bond motifs is 1. The summed E-state index contributed by atoms with van der Waals surface area (Å²) in [6.45, 7) is 5.12. The van der Waals surface area contributed by atoms with Gasteiger partial charge in [0.1, 0.15) is 5.75 Å². The Hall–Kier alpha value is -2.03. The Morgan fingerprint density at radius 3 is 2.86 bits per heavy atom. The van der Waals surface area contributed by atoms with Crippen molar-refractivity contribution in [1.82, 2.24) is 5.32 Å². The number of carbonyl (C=O) groups is 1. The number of hydrogen-bond acceptors (Lipinski definition) is 2. The van der Waals surface area contributed by atoms with Crippen LogP contribution >= 0.6 is 0 Å². The van der Waals surface area contributed by atoms with E-state index in [9.17, 15) is 4.79 Å². The lowest BCUT2D eigenvalue weighted by Gasteiger charge is -2.10. The molecule has 112 valence electrons. The van der Waals surface area contributed by atoms with Crippen LogP contribution in [0.3, 0.4) is 0 Å². The van der Waals surface area contributed by atoms with Crippen molar-refractivity contribution in [2.45, 2.75) is 33.1 Å². The van der Waals surface area contributed by atoms with E-state index in [4.69, 9.17) is 4.74 Å². The second-order valence-corrected chi connectivity index (χ2v) is 5.24. The molecule has 0 saturated heterocycles. The number of nitrogens with one attached hydrogen (secondary N) is 1. The quantitative estimate of drug-likeness (QED) is 0.788. The predicted octanol–water partition coefficient (Wildman–Crippen LogP) is 3.70. The zero-order valence-corrected chi connectivity index (χ0v) is 12.8. The minimum atomic E-state index is 0.0307. The van der Waals surface area contributed by atoms with Crippen LogP contribution in [-0.2, 0) is 11.2 Å². The molecule has 0 atom stereocenters. The van der Waals surface area contributed by atoms with Crippen LogP contribution in [0.4, 0.5) is 0 Å². The van der Waals surface area contributed by atoms with Crippen molar-refractivity contribution in [3.63, 3.8) is 0 Å². The topological polar surface area (TPSA) is 38.3 Å². The van der Waals surface area contributed by atoms with Gasteiger partial charge in [0, 0.05) is 13.5 Å². The van der Waals surface area contributed by atoms with Crippen molar-refractivity contribution in [3.8, 4) is 5.75 Å². The van der Waals surface area contributed by atoms with Gasteiger partial charge in [0.25, 0.3) is 0 Å². The van der Waals surface area contributed by atoms with E-state index in [1.807, 2.05) is 6.07 Å². The van der Waals surface area contributed by atoms with Crippen LogP contribution < -0.4 is 10.1 Å². The summed E-state index contributed by atoms with van der Waals surface area (Å²) in [5, 5.41) is 5.32. The normalized spacial score (nSPS) is 10.6. The fourth-order valence-corrected chi connectivity index (χ4v) is 2.39. The van der Waals surface area contributed by atoms with Gasteiger partial charge in [-0.2, -0.15) is 0 Å². The Labute approximate surface area is 126 Å². The molecular formula is C18H23NO2. The maximum absolute atomic E-state index is 10.9. The molecule has 3 nitrogen and oxygen atoms in total. The monoisotopic (exact) mass is 285 g/mol. The van der Waals surface area contributed by atoms with Gasteiger partial charge in [-0.25, -0.2) is 0 Å². The van der Waals surface area contributed by atoms with Gasteiger partial charge < -0.3 is 10.1 Å². The SMILES string of the molecule is CCCOc1ccc2cccc(CCCNC(C)=O)c2c1. The Morgan fingerprint density at radius 2 is 2.10 bits per heavy atom. The van der Waals surface area contributed by atoms with Gasteiger partial charge in [-0.15, -0.1) is 0 Å². The molecule has 0 aliphatic rings. The molecule has 0 radical (unpaired) electrons. The summed E-state index contributed by atoms with van der Waals surface area (Å²) < 4.78 is 5.72. The molecule has 0 bridgehead atoms. The zero-order valence-electron chi connectivity index (χ0n) is 12.8. The number of carbonyl (C=O) groups excluding carboxylic acids is 1. The number of benzene rings is 2. The molecule has 0 spiro atoms. The molecule has 21 heavy (non-hydrogen) atoms. The Bertz CT molecular complexity index is 607. The Balaban J connectivity index is 2.12. The van der Waals surface area contributed by atoms with Gasteiger partial charge in [-0.1, -0.05) is 31.2 Å². The molecule has 0 heterocycles. The lowest BCUT2D eigenvalue weighted by molar-refractivity contribution is -0.118. The largest absolute Gasteiger partial charge is 0.494 e. The standard InChI is InChI=1S/C18H23NO2/c1-3-12-21-17-10-9-16-7-4-6-15(18(16)13-17)8-5-11-19-14(2)20/h4,6-7,9-10,13H,3,5,8,11-12H2,1-2H3,(H,19,20). The summed E-state index contributed by atoms with van der Waals surface area (Å²) in [4.78, 5) is 10.9. The third-order valence-electron chi connectivity index (χ3n) is 3.41. The molecule has 0 unspecified atom stereocenters. The second-order valence-electron chi connectivity index (χ2n) is 5.24. The van der Waals surface area contributed by atoms with E-state index in [-0.39, 0.29) is 5.91 Å².